The van der Waals surface area contributed by atoms with E-state index in [-0.39, 0.29) is 52.3 Å². The molecule has 6 unspecified atom stereocenters. The fourth-order valence-corrected chi connectivity index (χ4v) is 12.9. The van der Waals surface area contributed by atoms with E-state index in [0.717, 1.165) is 31.4 Å². The molecular formula is C38H58NO4+. The largest absolute Gasteiger partial charge is 0.457 e. The number of pyridine rings is 1. The number of esters is 1. The van der Waals surface area contributed by atoms with Crippen LogP contribution in [0.3, 0.4) is 0 Å². The fourth-order valence-electron chi connectivity index (χ4n) is 12.9. The van der Waals surface area contributed by atoms with Crippen molar-refractivity contribution in [3.63, 3.8) is 0 Å². The molecule has 0 amide bonds. The van der Waals surface area contributed by atoms with E-state index in [1.807, 2.05) is 24.4 Å². The van der Waals surface area contributed by atoms with Crippen molar-refractivity contribution in [2.75, 3.05) is 6.61 Å². The maximum Gasteiger partial charge on any atom is 0.372 e. The van der Waals surface area contributed by atoms with Gasteiger partial charge < -0.3 is 14.9 Å². The van der Waals surface area contributed by atoms with Gasteiger partial charge in [0, 0.05) is 24.2 Å². The second kappa shape index (κ2) is 10.7. The van der Waals surface area contributed by atoms with Gasteiger partial charge in [0.05, 0.1) is 0 Å². The number of hydrogen-bond acceptors (Lipinski definition) is 4. The van der Waals surface area contributed by atoms with Gasteiger partial charge in [0.2, 0.25) is 12.2 Å². The molecule has 1 aromatic heterocycles. The van der Waals surface area contributed by atoms with Crippen LogP contribution in [0, 0.1) is 56.7 Å². The minimum Gasteiger partial charge on any atom is -0.457 e. The zero-order valence-electron chi connectivity index (χ0n) is 27.8. The van der Waals surface area contributed by atoms with Gasteiger partial charge >= 0.3 is 5.97 Å². The van der Waals surface area contributed by atoms with Crippen LogP contribution in [0.2, 0.25) is 0 Å². The molecule has 5 saturated carbocycles. The van der Waals surface area contributed by atoms with Crippen molar-refractivity contribution in [3.8, 4) is 0 Å². The number of carbonyl (C=O) groups excluding carboxylic acids is 1. The van der Waals surface area contributed by atoms with Gasteiger partial charge in [0.1, 0.15) is 12.7 Å². The van der Waals surface area contributed by atoms with E-state index in [4.69, 9.17) is 4.74 Å². The van der Waals surface area contributed by atoms with Crippen LogP contribution in [0.25, 0.3) is 0 Å². The molecule has 6 rings (SSSR count). The van der Waals surface area contributed by atoms with E-state index in [1.54, 1.807) is 4.57 Å². The first-order valence-corrected chi connectivity index (χ1v) is 17.3. The number of aliphatic hydroxyl groups is 2. The lowest BCUT2D eigenvalue weighted by Gasteiger charge is -2.73. The Balaban J connectivity index is 1.24. The van der Waals surface area contributed by atoms with Crippen molar-refractivity contribution in [1.82, 2.24) is 0 Å². The van der Waals surface area contributed by atoms with E-state index in [9.17, 15) is 15.0 Å². The van der Waals surface area contributed by atoms with Gasteiger partial charge in [-0.2, -0.15) is 4.57 Å². The summed E-state index contributed by atoms with van der Waals surface area (Å²) in [6, 6.07) is 5.61. The molecule has 5 fully saturated rings. The van der Waals surface area contributed by atoms with Gasteiger partial charge in [-0.05, 0) is 122 Å². The third kappa shape index (κ3) is 4.44. The molecule has 5 nitrogen and oxygen atoms in total. The van der Waals surface area contributed by atoms with Crippen LogP contribution >= 0.6 is 0 Å². The van der Waals surface area contributed by atoms with Crippen molar-refractivity contribution in [1.29, 1.82) is 0 Å². The molecule has 0 saturated heterocycles. The lowest BCUT2D eigenvalue weighted by atomic mass is 9.32. The van der Waals surface area contributed by atoms with Crippen molar-refractivity contribution in [2.45, 2.75) is 125 Å². The van der Waals surface area contributed by atoms with Gasteiger partial charge in [-0.3, -0.25) is 0 Å². The van der Waals surface area contributed by atoms with Gasteiger partial charge in [-0.1, -0.05) is 52.8 Å². The molecule has 5 heteroatoms. The Kier molecular flexibility index (Phi) is 7.77. The highest BCUT2D eigenvalue weighted by atomic mass is 16.5. The standard InChI is InChI=1S/C38H58NO4/c1-25(2)27-13-18-38(24-41)20-19-36(6)28(33(27)38)11-12-30-35(5)16-15-31(34(3,4)29(35)14-17-37(30,36)7)43-32(42)22-39-21-9-8-10-26(39)23-40/h8-10,21,27-31,33,40-41H,1,11-20,22-24H2,2-7H3/q+1/t27?,28?,29?,30?,31-,33?,35-,36+,37+,38?/m0/s1. The Morgan fingerprint density at radius 1 is 0.930 bits per heavy atom. The number of rotatable bonds is 6. The second-order valence-corrected chi connectivity index (χ2v) is 17.0. The number of aliphatic hydroxyl groups excluding tert-OH is 2. The Morgan fingerprint density at radius 2 is 1.70 bits per heavy atom. The normalized spacial score (nSPS) is 44.8. The number of nitrogens with zero attached hydrogens (tertiary/aromatic N) is 1. The van der Waals surface area contributed by atoms with E-state index in [2.05, 4.69) is 48.1 Å². The quantitative estimate of drug-likeness (QED) is 0.211. The molecule has 43 heavy (non-hydrogen) atoms. The maximum atomic E-state index is 13.2. The molecule has 1 heterocycles. The number of carbonyl (C=O) groups is 1. The van der Waals surface area contributed by atoms with Crippen molar-refractivity contribution >= 4 is 5.97 Å². The van der Waals surface area contributed by atoms with Crippen LogP contribution in [-0.2, 0) is 22.7 Å². The average Bonchev–Trinajstić information content (AvgIpc) is 3.36. The van der Waals surface area contributed by atoms with E-state index < -0.39 is 0 Å². The molecule has 10 atom stereocenters. The molecule has 5 aliphatic carbocycles. The summed E-state index contributed by atoms with van der Waals surface area (Å²) < 4.78 is 8.10. The summed E-state index contributed by atoms with van der Waals surface area (Å²) in [5.74, 6) is 2.74. The molecule has 0 bridgehead atoms. The summed E-state index contributed by atoms with van der Waals surface area (Å²) in [5.41, 5.74) is 2.82. The van der Waals surface area contributed by atoms with Gasteiger partial charge in [0.15, 0.2) is 6.20 Å². The predicted octanol–water partition coefficient (Wildman–Crippen LogP) is 7.03. The average molecular weight is 593 g/mol. The van der Waals surface area contributed by atoms with Crippen molar-refractivity contribution < 1.29 is 24.3 Å². The molecule has 1 aromatic rings. The molecular weight excluding hydrogens is 534 g/mol. The third-order valence-electron chi connectivity index (χ3n) is 15.3. The SMILES string of the molecule is C=C(C)C1CCC2(CO)CC[C@]3(C)C(CCC4[C@@]5(C)CC[C@H](OC(=O)C[n+]6ccccc6CO)C(C)(C)C5CC[C@]43C)C12. The Labute approximate surface area is 260 Å². The molecule has 5 aliphatic rings. The minimum absolute atomic E-state index is 0.0917. The van der Waals surface area contributed by atoms with Gasteiger partial charge in [-0.25, -0.2) is 4.79 Å². The first-order chi connectivity index (χ1) is 20.3. The monoisotopic (exact) mass is 592 g/mol. The summed E-state index contributed by atoms with van der Waals surface area (Å²) in [6.07, 6.45) is 13.5. The first-order valence-electron chi connectivity index (χ1n) is 17.3. The molecule has 0 radical (unpaired) electrons. The predicted molar refractivity (Wildman–Crippen MR) is 168 cm³/mol. The Hall–Kier alpha value is -1.72. The highest BCUT2D eigenvalue weighted by molar-refractivity contribution is 5.68. The van der Waals surface area contributed by atoms with Gasteiger partial charge in [-0.15, -0.1) is 0 Å². The molecule has 238 valence electrons. The Morgan fingerprint density at radius 3 is 2.40 bits per heavy atom. The van der Waals surface area contributed by atoms with Crippen LogP contribution < -0.4 is 4.57 Å². The van der Waals surface area contributed by atoms with Crippen LogP contribution in [0.15, 0.2) is 36.5 Å². The van der Waals surface area contributed by atoms with E-state index in [1.165, 1.54) is 44.1 Å². The molecule has 0 spiro atoms. The minimum atomic E-state index is -0.209. The number of hydrogen-bond donors (Lipinski definition) is 2. The highest BCUT2D eigenvalue weighted by Crippen LogP contribution is 2.77. The summed E-state index contributed by atoms with van der Waals surface area (Å²) >= 11 is 0. The topological polar surface area (TPSA) is 70.6 Å². The lowest BCUT2D eigenvalue weighted by molar-refractivity contribution is -0.695. The number of ether oxygens (including phenoxy) is 1. The highest BCUT2D eigenvalue weighted by Gasteiger charge is 2.71. The van der Waals surface area contributed by atoms with Crippen molar-refractivity contribution in [2.24, 2.45) is 56.7 Å². The number of aromatic nitrogens is 1. The van der Waals surface area contributed by atoms with E-state index >= 15 is 0 Å². The van der Waals surface area contributed by atoms with Crippen LogP contribution in [-0.4, -0.2) is 28.9 Å². The Bertz CT molecular complexity index is 1260. The zero-order valence-corrected chi connectivity index (χ0v) is 27.8. The van der Waals surface area contributed by atoms with Gasteiger partial charge in [0.25, 0.3) is 0 Å². The zero-order chi connectivity index (χ0) is 31.0. The maximum absolute atomic E-state index is 13.2. The van der Waals surface area contributed by atoms with Crippen LogP contribution in [0.1, 0.15) is 111 Å². The fraction of sp³-hybridized carbons (Fsp3) is 0.789. The van der Waals surface area contributed by atoms with Crippen LogP contribution in [0.5, 0.6) is 0 Å². The summed E-state index contributed by atoms with van der Waals surface area (Å²) in [7, 11) is 0. The lowest BCUT2D eigenvalue weighted by Crippen LogP contribution is -2.67. The molecule has 0 aromatic carbocycles. The molecule has 0 aliphatic heterocycles. The summed E-state index contributed by atoms with van der Waals surface area (Å²) in [4.78, 5) is 13.2. The van der Waals surface area contributed by atoms with E-state index in [0.29, 0.717) is 36.2 Å². The summed E-state index contributed by atoms with van der Waals surface area (Å²) in [5, 5.41) is 20.5. The summed E-state index contributed by atoms with van der Waals surface area (Å²) in [6.45, 7) is 19.7. The smallest absolute Gasteiger partial charge is 0.372 e. The van der Waals surface area contributed by atoms with Crippen LogP contribution in [0.4, 0.5) is 0 Å². The number of allylic oxidation sites excluding steroid dienone is 1. The second-order valence-electron chi connectivity index (χ2n) is 17.0. The molecule has 2 N–H and O–H groups in total. The third-order valence-corrected chi connectivity index (χ3v) is 15.3. The van der Waals surface area contributed by atoms with Crippen molar-refractivity contribution in [3.05, 3.63) is 42.2 Å². The number of fused-ring (bicyclic) bond motifs is 7. The first kappa shape index (κ1) is 31.3.